The van der Waals surface area contributed by atoms with E-state index in [-0.39, 0.29) is 5.56 Å². The van der Waals surface area contributed by atoms with Gasteiger partial charge in [-0.2, -0.15) is 0 Å². The molecule has 2 heterocycles. The molecule has 0 fully saturated rings. The molecule has 0 unspecified atom stereocenters. The molecular formula is C21H21N3O. The fourth-order valence-electron chi connectivity index (χ4n) is 3.41. The number of pyridine rings is 1. The largest absolute Gasteiger partial charge is 0.325 e. The molecule has 0 saturated carbocycles. The van der Waals surface area contributed by atoms with Crippen LogP contribution in [0.1, 0.15) is 19.4 Å². The monoisotopic (exact) mass is 331 g/mol. The molecule has 2 aromatic carbocycles. The number of hydrogen-bond donors (Lipinski definition) is 0. The summed E-state index contributed by atoms with van der Waals surface area (Å²) in [7, 11) is 0. The minimum atomic E-state index is -0.00536. The average Bonchev–Trinajstić information content (AvgIpc) is 3.03. The molecule has 0 N–H and O–H groups in total. The summed E-state index contributed by atoms with van der Waals surface area (Å²) in [5, 5.41) is 1.08. The van der Waals surface area contributed by atoms with E-state index in [9.17, 15) is 4.79 Å². The van der Waals surface area contributed by atoms with E-state index in [0.29, 0.717) is 24.5 Å². The maximum Gasteiger partial charge on any atom is 0.279 e. The van der Waals surface area contributed by atoms with Gasteiger partial charge in [-0.1, -0.05) is 62.4 Å². The lowest BCUT2D eigenvalue weighted by Gasteiger charge is -2.14. The zero-order valence-electron chi connectivity index (χ0n) is 14.5. The Labute approximate surface area is 146 Å². The van der Waals surface area contributed by atoms with Gasteiger partial charge >= 0.3 is 0 Å². The SMILES string of the molecule is CC(C)Cn1c(=O)c2ncn(Cc3ccccc3)c2c2ccccc21. The lowest BCUT2D eigenvalue weighted by molar-refractivity contribution is 0.525. The number of imidazole rings is 1. The highest BCUT2D eigenvalue weighted by Crippen LogP contribution is 2.23. The summed E-state index contributed by atoms with van der Waals surface area (Å²) < 4.78 is 3.94. The first-order valence-corrected chi connectivity index (χ1v) is 8.65. The molecular weight excluding hydrogens is 310 g/mol. The van der Waals surface area contributed by atoms with E-state index < -0.39 is 0 Å². The molecule has 4 aromatic rings. The number of nitrogens with zero attached hydrogens (tertiary/aromatic N) is 3. The number of benzene rings is 2. The van der Waals surface area contributed by atoms with Gasteiger partial charge < -0.3 is 9.13 Å². The number of fused-ring (bicyclic) bond motifs is 3. The van der Waals surface area contributed by atoms with Crippen LogP contribution in [0.15, 0.2) is 65.7 Å². The van der Waals surface area contributed by atoms with E-state index in [1.165, 1.54) is 5.56 Å². The molecule has 25 heavy (non-hydrogen) atoms. The number of aromatic nitrogens is 3. The molecule has 0 aliphatic rings. The van der Waals surface area contributed by atoms with Gasteiger partial charge in [0.15, 0.2) is 5.52 Å². The molecule has 2 aromatic heterocycles. The molecule has 4 heteroatoms. The summed E-state index contributed by atoms with van der Waals surface area (Å²) in [4.78, 5) is 17.5. The van der Waals surface area contributed by atoms with Crippen LogP contribution < -0.4 is 5.56 Å². The van der Waals surface area contributed by atoms with E-state index in [2.05, 4.69) is 41.6 Å². The second-order valence-corrected chi connectivity index (χ2v) is 6.88. The molecule has 0 bridgehead atoms. The summed E-state index contributed by atoms with van der Waals surface area (Å²) in [6.07, 6.45) is 1.78. The Hall–Kier alpha value is -2.88. The van der Waals surface area contributed by atoms with Crippen LogP contribution in [-0.4, -0.2) is 14.1 Å². The summed E-state index contributed by atoms with van der Waals surface area (Å²) >= 11 is 0. The number of para-hydroxylation sites is 1. The zero-order chi connectivity index (χ0) is 17.4. The van der Waals surface area contributed by atoms with Crippen molar-refractivity contribution in [2.75, 3.05) is 0 Å². The smallest absolute Gasteiger partial charge is 0.279 e. The maximum atomic E-state index is 13.0. The van der Waals surface area contributed by atoms with Gasteiger partial charge in [0.05, 0.1) is 17.4 Å². The molecule has 0 atom stereocenters. The van der Waals surface area contributed by atoms with Crippen molar-refractivity contribution in [3.63, 3.8) is 0 Å². The Bertz CT molecular complexity index is 1090. The minimum Gasteiger partial charge on any atom is -0.325 e. The van der Waals surface area contributed by atoms with Gasteiger partial charge in [0.1, 0.15) is 0 Å². The molecule has 0 amide bonds. The van der Waals surface area contributed by atoms with Crippen molar-refractivity contribution < 1.29 is 0 Å². The third kappa shape index (κ3) is 2.74. The van der Waals surface area contributed by atoms with E-state index in [1.807, 2.05) is 41.0 Å². The predicted molar refractivity (Wildman–Crippen MR) is 102 cm³/mol. The van der Waals surface area contributed by atoms with Crippen LogP contribution in [0.25, 0.3) is 21.9 Å². The highest BCUT2D eigenvalue weighted by Gasteiger charge is 2.16. The first-order valence-electron chi connectivity index (χ1n) is 8.65. The van der Waals surface area contributed by atoms with E-state index in [1.54, 1.807) is 6.33 Å². The van der Waals surface area contributed by atoms with Gasteiger partial charge in [-0.3, -0.25) is 4.79 Å². The minimum absolute atomic E-state index is 0.00536. The molecule has 0 saturated heterocycles. The van der Waals surface area contributed by atoms with Gasteiger partial charge in [-0.15, -0.1) is 0 Å². The summed E-state index contributed by atoms with van der Waals surface area (Å²) in [5.74, 6) is 0.393. The summed E-state index contributed by atoms with van der Waals surface area (Å²) in [6, 6.07) is 18.4. The van der Waals surface area contributed by atoms with Crippen molar-refractivity contribution in [2.24, 2.45) is 5.92 Å². The lowest BCUT2D eigenvalue weighted by Crippen LogP contribution is -2.23. The van der Waals surface area contributed by atoms with E-state index in [0.717, 1.165) is 16.4 Å². The normalized spacial score (nSPS) is 11.6. The van der Waals surface area contributed by atoms with Gasteiger partial charge in [0, 0.05) is 18.5 Å². The van der Waals surface area contributed by atoms with Crippen molar-refractivity contribution in [3.8, 4) is 0 Å². The Morgan fingerprint density at radius 3 is 2.48 bits per heavy atom. The Morgan fingerprint density at radius 1 is 1.00 bits per heavy atom. The van der Waals surface area contributed by atoms with Crippen molar-refractivity contribution in [3.05, 3.63) is 76.8 Å². The highest BCUT2D eigenvalue weighted by molar-refractivity contribution is 6.02. The van der Waals surface area contributed by atoms with Crippen LogP contribution in [0.3, 0.4) is 0 Å². The van der Waals surface area contributed by atoms with Crippen molar-refractivity contribution >= 4 is 21.9 Å². The highest BCUT2D eigenvalue weighted by atomic mass is 16.1. The predicted octanol–water partition coefficient (Wildman–Crippen LogP) is 4.06. The molecule has 0 radical (unpaired) electrons. The fourth-order valence-corrected chi connectivity index (χ4v) is 3.41. The standard InChI is InChI=1S/C21H21N3O/c1-15(2)12-24-18-11-7-6-10-17(18)20-19(21(24)25)22-14-23(20)13-16-8-4-3-5-9-16/h3-11,14-15H,12-13H2,1-2H3. The van der Waals surface area contributed by atoms with Crippen molar-refractivity contribution in [2.45, 2.75) is 26.9 Å². The quantitative estimate of drug-likeness (QED) is 0.566. The number of rotatable bonds is 4. The molecule has 0 aliphatic heterocycles. The first kappa shape index (κ1) is 15.6. The van der Waals surface area contributed by atoms with Gasteiger partial charge in [0.2, 0.25) is 0 Å². The van der Waals surface area contributed by atoms with E-state index in [4.69, 9.17) is 0 Å². The Morgan fingerprint density at radius 2 is 1.72 bits per heavy atom. The van der Waals surface area contributed by atoms with Crippen LogP contribution >= 0.6 is 0 Å². The maximum absolute atomic E-state index is 13.0. The van der Waals surface area contributed by atoms with E-state index >= 15 is 0 Å². The number of hydrogen-bond acceptors (Lipinski definition) is 2. The third-order valence-corrected chi connectivity index (χ3v) is 4.48. The summed E-state index contributed by atoms with van der Waals surface area (Å²) in [5.41, 5.74) is 3.63. The van der Waals surface area contributed by atoms with Gasteiger partial charge in [-0.25, -0.2) is 4.98 Å². The zero-order valence-corrected chi connectivity index (χ0v) is 14.5. The van der Waals surface area contributed by atoms with Crippen LogP contribution in [0.2, 0.25) is 0 Å². The molecule has 4 nitrogen and oxygen atoms in total. The fraction of sp³-hybridized carbons (Fsp3) is 0.238. The topological polar surface area (TPSA) is 39.8 Å². The van der Waals surface area contributed by atoms with Crippen LogP contribution in [0.5, 0.6) is 0 Å². The first-order chi connectivity index (χ1) is 12.1. The third-order valence-electron chi connectivity index (χ3n) is 4.48. The second-order valence-electron chi connectivity index (χ2n) is 6.88. The van der Waals surface area contributed by atoms with Crippen molar-refractivity contribution in [1.82, 2.24) is 14.1 Å². The second kappa shape index (κ2) is 6.20. The molecule has 0 aliphatic carbocycles. The Balaban J connectivity index is 1.99. The van der Waals surface area contributed by atoms with Gasteiger partial charge in [0.25, 0.3) is 5.56 Å². The summed E-state index contributed by atoms with van der Waals surface area (Å²) in [6.45, 7) is 5.65. The Kier molecular flexibility index (Phi) is 3.88. The van der Waals surface area contributed by atoms with Crippen LogP contribution in [0.4, 0.5) is 0 Å². The van der Waals surface area contributed by atoms with Gasteiger partial charge in [-0.05, 0) is 17.5 Å². The van der Waals surface area contributed by atoms with Crippen LogP contribution in [-0.2, 0) is 13.1 Å². The van der Waals surface area contributed by atoms with Crippen LogP contribution in [0, 0.1) is 5.92 Å². The molecule has 0 spiro atoms. The van der Waals surface area contributed by atoms with Crippen molar-refractivity contribution in [1.29, 1.82) is 0 Å². The molecule has 126 valence electrons. The average molecular weight is 331 g/mol. The molecule has 4 rings (SSSR count). The lowest BCUT2D eigenvalue weighted by atomic mass is 10.1.